The number of amides is 1. The van der Waals surface area contributed by atoms with Gasteiger partial charge in [-0.2, -0.15) is 0 Å². The van der Waals surface area contributed by atoms with Crippen LogP contribution in [0.2, 0.25) is 0 Å². The van der Waals surface area contributed by atoms with Gasteiger partial charge in [0.15, 0.2) is 0 Å². The van der Waals surface area contributed by atoms with E-state index in [0.29, 0.717) is 0 Å². The number of rotatable bonds is 4. The molecule has 1 saturated carbocycles. The lowest BCUT2D eigenvalue weighted by molar-refractivity contribution is -0.135. The van der Waals surface area contributed by atoms with Gasteiger partial charge in [-0.25, -0.2) is 10.2 Å². The second-order valence-electron chi connectivity index (χ2n) is 4.61. The van der Waals surface area contributed by atoms with Crippen LogP contribution in [0.15, 0.2) is 35.4 Å². The van der Waals surface area contributed by atoms with Gasteiger partial charge in [-0.1, -0.05) is 30.3 Å². The summed E-state index contributed by atoms with van der Waals surface area (Å²) in [5, 5.41) is 3.59. The average molecular weight is 275 g/mol. The smallest absolute Gasteiger partial charge is 0.375 e. The number of nitrogens with zero attached hydrogens (tertiary/aromatic N) is 1. The van der Waals surface area contributed by atoms with E-state index in [2.05, 4.69) is 15.3 Å². The highest BCUT2D eigenvalue weighted by atomic mass is 16.5. The third-order valence-electron chi connectivity index (χ3n) is 3.27. The van der Waals surface area contributed by atoms with Crippen LogP contribution in [0, 0.1) is 0 Å². The van der Waals surface area contributed by atoms with Gasteiger partial charge in [-0.15, -0.1) is 5.10 Å². The van der Waals surface area contributed by atoms with E-state index in [9.17, 15) is 9.59 Å². The van der Waals surface area contributed by atoms with Gasteiger partial charge < -0.3 is 10.5 Å². The Hall–Kier alpha value is -2.37. The number of hydrogen-bond donors (Lipinski definition) is 2. The number of carbonyl (C=O) groups excluding carboxylic acids is 2. The van der Waals surface area contributed by atoms with E-state index < -0.39 is 11.4 Å². The zero-order chi connectivity index (χ0) is 14.6. The van der Waals surface area contributed by atoms with Gasteiger partial charge >= 0.3 is 5.97 Å². The lowest BCUT2D eigenvalue weighted by Gasteiger charge is -2.13. The monoisotopic (exact) mass is 275 g/mol. The number of amidine groups is 1. The van der Waals surface area contributed by atoms with Crippen molar-refractivity contribution in [2.24, 2.45) is 10.8 Å². The predicted octanol–water partition coefficient (Wildman–Crippen LogP) is 0.670. The summed E-state index contributed by atoms with van der Waals surface area (Å²) in [6.07, 6.45) is 1.52. The lowest BCUT2D eigenvalue weighted by atomic mass is 9.95. The average Bonchev–Trinajstić information content (AvgIpc) is 3.27. The quantitative estimate of drug-likeness (QED) is 0.365. The second kappa shape index (κ2) is 5.73. The minimum atomic E-state index is -0.739. The van der Waals surface area contributed by atoms with Crippen LogP contribution >= 0.6 is 0 Å². The Balaban J connectivity index is 2.03. The number of esters is 1. The van der Waals surface area contributed by atoms with Crippen LogP contribution in [0.5, 0.6) is 0 Å². The molecule has 0 bridgehead atoms. The molecule has 0 atom stereocenters. The highest BCUT2D eigenvalue weighted by Crippen LogP contribution is 2.48. The second-order valence-corrected chi connectivity index (χ2v) is 4.61. The van der Waals surface area contributed by atoms with E-state index in [0.717, 1.165) is 18.4 Å². The third-order valence-corrected chi connectivity index (χ3v) is 3.27. The highest BCUT2D eigenvalue weighted by Gasteiger charge is 2.51. The largest absolute Gasteiger partial charge is 0.460 e. The fourth-order valence-corrected chi connectivity index (χ4v) is 2.00. The first-order valence-electron chi connectivity index (χ1n) is 6.46. The van der Waals surface area contributed by atoms with Gasteiger partial charge in [-0.05, 0) is 25.3 Å². The number of hydrogen-bond acceptors (Lipinski definition) is 4. The van der Waals surface area contributed by atoms with Crippen LogP contribution in [0.3, 0.4) is 0 Å². The molecule has 1 fully saturated rings. The number of ether oxygens (including phenoxy) is 1. The zero-order valence-electron chi connectivity index (χ0n) is 11.3. The van der Waals surface area contributed by atoms with E-state index in [1.165, 1.54) is 0 Å². The molecule has 0 unspecified atom stereocenters. The molecule has 1 aliphatic rings. The molecule has 0 aromatic heterocycles. The zero-order valence-corrected chi connectivity index (χ0v) is 11.3. The third kappa shape index (κ3) is 2.79. The van der Waals surface area contributed by atoms with Crippen molar-refractivity contribution in [1.82, 2.24) is 5.43 Å². The maximum Gasteiger partial charge on any atom is 0.375 e. The number of carbonyl (C=O) groups is 2. The first-order valence-corrected chi connectivity index (χ1v) is 6.46. The fraction of sp³-hybridized carbons (Fsp3) is 0.357. The summed E-state index contributed by atoms with van der Waals surface area (Å²) in [5.74, 6) is -1.35. The van der Waals surface area contributed by atoms with E-state index in [4.69, 9.17) is 5.73 Å². The Morgan fingerprint density at radius 1 is 1.35 bits per heavy atom. The molecular weight excluding hydrogens is 258 g/mol. The van der Waals surface area contributed by atoms with Gasteiger partial charge in [0.2, 0.25) is 5.84 Å². The maximum absolute atomic E-state index is 12.2. The number of benzene rings is 1. The van der Waals surface area contributed by atoms with Crippen molar-refractivity contribution >= 4 is 17.7 Å². The molecule has 106 valence electrons. The summed E-state index contributed by atoms with van der Waals surface area (Å²) in [5.41, 5.74) is 8.17. The molecule has 20 heavy (non-hydrogen) atoms. The predicted molar refractivity (Wildman–Crippen MR) is 73.8 cm³/mol. The van der Waals surface area contributed by atoms with E-state index in [-0.39, 0.29) is 18.3 Å². The Morgan fingerprint density at radius 3 is 2.55 bits per heavy atom. The molecule has 0 radical (unpaired) electrons. The van der Waals surface area contributed by atoms with Crippen molar-refractivity contribution < 1.29 is 14.3 Å². The molecule has 6 heteroatoms. The number of hydrazone groups is 1. The van der Waals surface area contributed by atoms with Crippen molar-refractivity contribution in [2.45, 2.75) is 25.2 Å². The minimum Gasteiger partial charge on any atom is -0.460 e. The van der Waals surface area contributed by atoms with Crippen LogP contribution in [0.1, 0.15) is 25.3 Å². The van der Waals surface area contributed by atoms with Crippen LogP contribution in [-0.2, 0) is 19.7 Å². The Bertz CT molecular complexity index is 536. The van der Waals surface area contributed by atoms with Crippen LogP contribution in [-0.4, -0.2) is 24.3 Å². The summed E-state index contributed by atoms with van der Waals surface area (Å²) in [6.45, 7) is 1.87. The van der Waals surface area contributed by atoms with E-state index in [1.807, 2.05) is 30.3 Å². The van der Waals surface area contributed by atoms with Gasteiger partial charge in [0.05, 0.1) is 12.0 Å². The van der Waals surface area contributed by atoms with E-state index in [1.54, 1.807) is 6.92 Å². The van der Waals surface area contributed by atoms with Crippen molar-refractivity contribution in [2.75, 3.05) is 6.61 Å². The molecular formula is C14H17N3O3. The molecule has 0 spiro atoms. The van der Waals surface area contributed by atoms with E-state index >= 15 is 0 Å². The van der Waals surface area contributed by atoms with Gasteiger partial charge in [-0.3, -0.25) is 4.79 Å². The summed E-state index contributed by atoms with van der Waals surface area (Å²) < 4.78 is 4.68. The lowest BCUT2D eigenvalue weighted by Crippen LogP contribution is -2.35. The van der Waals surface area contributed by atoms with Crippen LogP contribution < -0.4 is 11.2 Å². The molecule has 3 N–H and O–H groups in total. The van der Waals surface area contributed by atoms with Crippen molar-refractivity contribution in [3.8, 4) is 0 Å². The molecule has 1 aliphatic carbocycles. The van der Waals surface area contributed by atoms with Gasteiger partial charge in [0.1, 0.15) is 0 Å². The fourth-order valence-electron chi connectivity index (χ4n) is 2.00. The Labute approximate surface area is 117 Å². The summed E-state index contributed by atoms with van der Waals surface area (Å²) in [7, 11) is 0. The van der Waals surface area contributed by atoms with Gasteiger partial charge in [0, 0.05) is 0 Å². The Kier molecular flexibility index (Phi) is 4.02. The molecule has 0 aliphatic heterocycles. The standard InChI is InChI=1S/C14H17N3O3/c1-2-20-12(18)11(15)16-17-13(19)14(8-9-14)10-6-4-3-5-7-10/h3-7H,2,8-9H2,1H3,(H2,15,16)(H,17,19). The van der Waals surface area contributed by atoms with Crippen molar-refractivity contribution in [3.05, 3.63) is 35.9 Å². The molecule has 0 heterocycles. The highest BCUT2D eigenvalue weighted by molar-refractivity contribution is 6.34. The van der Waals surface area contributed by atoms with Crippen LogP contribution in [0.25, 0.3) is 0 Å². The molecule has 1 aromatic rings. The molecule has 1 aromatic carbocycles. The summed E-state index contributed by atoms with van der Waals surface area (Å²) in [4.78, 5) is 23.4. The van der Waals surface area contributed by atoms with Crippen molar-refractivity contribution in [1.29, 1.82) is 0 Å². The molecule has 2 rings (SSSR count). The van der Waals surface area contributed by atoms with Crippen LogP contribution in [0.4, 0.5) is 0 Å². The normalized spacial score (nSPS) is 16.4. The van der Waals surface area contributed by atoms with Gasteiger partial charge in [0.25, 0.3) is 5.91 Å². The first-order chi connectivity index (χ1) is 9.60. The number of nitrogens with two attached hydrogens (primary N) is 1. The summed E-state index contributed by atoms with van der Waals surface area (Å²) in [6, 6.07) is 9.49. The molecule has 6 nitrogen and oxygen atoms in total. The topological polar surface area (TPSA) is 93.8 Å². The summed E-state index contributed by atoms with van der Waals surface area (Å²) >= 11 is 0. The molecule has 1 amide bonds. The first kappa shape index (κ1) is 14.0. The SMILES string of the molecule is CCOC(=O)C(N)=NNC(=O)C1(c2ccccc2)CC1. The van der Waals surface area contributed by atoms with Crippen molar-refractivity contribution in [3.63, 3.8) is 0 Å². The maximum atomic E-state index is 12.2. The number of nitrogens with one attached hydrogen (secondary N) is 1. The molecule has 0 saturated heterocycles. The Morgan fingerprint density at radius 2 is 2.00 bits per heavy atom. The minimum absolute atomic E-state index is 0.205.